The maximum atomic E-state index is 14.9. The second kappa shape index (κ2) is 14.5. The van der Waals surface area contributed by atoms with Crippen molar-refractivity contribution in [2.45, 2.75) is 26.9 Å². The van der Waals surface area contributed by atoms with E-state index < -0.39 is 29.4 Å². The van der Waals surface area contributed by atoms with E-state index in [-0.39, 0.29) is 27.6 Å². The number of benzene rings is 2. The molecule has 0 saturated heterocycles. The number of likely N-dealkylation sites (N-methyl/N-ethyl adjacent to an activating group) is 1. The van der Waals surface area contributed by atoms with E-state index in [2.05, 4.69) is 20.6 Å². The zero-order valence-electron chi connectivity index (χ0n) is 25.5. The molecule has 0 aliphatic carbocycles. The molecule has 2 N–H and O–H groups in total. The van der Waals surface area contributed by atoms with E-state index in [0.29, 0.717) is 49.0 Å². The molecule has 0 aliphatic heterocycles. The summed E-state index contributed by atoms with van der Waals surface area (Å²) in [6.45, 7) is 5.59. The second-order valence-electron chi connectivity index (χ2n) is 10.4. The van der Waals surface area contributed by atoms with Gasteiger partial charge in [0.05, 0.1) is 24.7 Å². The van der Waals surface area contributed by atoms with Gasteiger partial charge in [-0.2, -0.15) is 0 Å². The Morgan fingerprint density at radius 3 is 2.43 bits per heavy atom. The molecule has 0 spiro atoms. The summed E-state index contributed by atoms with van der Waals surface area (Å²) in [6, 6.07) is 10.2. The second-order valence-corrected chi connectivity index (χ2v) is 11.4. The lowest BCUT2D eigenvalue weighted by molar-refractivity contribution is 0.120. The summed E-state index contributed by atoms with van der Waals surface area (Å²) in [7, 11) is 1.89. The highest BCUT2D eigenvalue weighted by atomic mass is 32.1. The van der Waals surface area contributed by atoms with E-state index in [0.717, 1.165) is 22.3 Å². The molecule has 240 valence electrons. The number of carbonyl (C=O) groups is 1. The number of fused-ring (bicyclic) bond motifs is 1. The topological polar surface area (TPSA) is 123 Å². The predicted octanol–water partition coefficient (Wildman–Crippen LogP) is 4.61. The number of aromatic nitrogens is 4. The number of nitrogens with one attached hydrogen (secondary N) is 2. The summed E-state index contributed by atoms with van der Waals surface area (Å²) in [6.07, 6.45) is 4.04. The largest absolute Gasteiger partial charge is 0.380 e. The fourth-order valence-corrected chi connectivity index (χ4v) is 6.30. The van der Waals surface area contributed by atoms with Gasteiger partial charge in [-0.1, -0.05) is 18.2 Å². The van der Waals surface area contributed by atoms with Crippen LogP contribution in [0.25, 0.3) is 26.5 Å². The zero-order chi connectivity index (χ0) is 32.8. The highest BCUT2D eigenvalue weighted by molar-refractivity contribution is 7.22. The van der Waals surface area contributed by atoms with Crippen molar-refractivity contribution in [3.63, 3.8) is 0 Å². The van der Waals surface area contributed by atoms with Crippen molar-refractivity contribution in [3.05, 3.63) is 105 Å². The summed E-state index contributed by atoms with van der Waals surface area (Å²) >= 11 is 1.18. The van der Waals surface area contributed by atoms with Crippen molar-refractivity contribution in [2.24, 2.45) is 0 Å². The number of hydrogen-bond acceptors (Lipinski definition) is 8. The van der Waals surface area contributed by atoms with Gasteiger partial charge >= 0.3 is 11.7 Å². The number of ether oxygens (including phenoxy) is 1. The van der Waals surface area contributed by atoms with Crippen LogP contribution in [0.4, 0.5) is 19.3 Å². The number of nitrogens with zero attached hydrogens (tertiary/aromatic N) is 5. The van der Waals surface area contributed by atoms with Gasteiger partial charge in [0.1, 0.15) is 16.5 Å². The smallest absolute Gasteiger partial charge is 0.338 e. The first-order valence-electron chi connectivity index (χ1n) is 14.7. The summed E-state index contributed by atoms with van der Waals surface area (Å²) < 4.78 is 37.5. The lowest BCUT2D eigenvalue weighted by atomic mass is 10.1. The van der Waals surface area contributed by atoms with Crippen molar-refractivity contribution in [1.82, 2.24) is 29.3 Å². The van der Waals surface area contributed by atoms with E-state index >= 15 is 0 Å². The minimum absolute atomic E-state index is 0.0219. The molecule has 2 amide bonds. The lowest BCUT2D eigenvalue weighted by Crippen LogP contribution is -2.39. The van der Waals surface area contributed by atoms with Crippen LogP contribution >= 0.6 is 11.3 Å². The molecule has 46 heavy (non-hydrogen) atoms. The van der Waals surface area contributed by atoms with Crippen LogP contribution in [0.15, 0.2) is 70.6 Å². The predicted molar refractivity (Wildman–Crippen MR) is 174 cm³/mol. The van der Waals surface area contributed by atoms with Crippen LogP contribution in [0.5, 0.6) is 0 Å². The SMILES string of the molecule is CCNC(=O)Nc1ccc(-c2sc3c(c2CN(C)CCOCC)c(=O)n(-c2cnccn2)c(=O)n3Cc2c(F)cccc2F)cc1. The number of rotatable bonds is 12. The average Bonchev–Trinajstić information content (AvgIpc) is 3.40. The summed E-state index contributed by atoms with van der Waals surface area (Å²) in [5.41, 5.74) is 0.137. The molecule has 11 nitrogen and oxygen atoms in total. The van der Waals surface area contributed by atoms with Crippen LogP contribution < -0.4 is 21.9 Å². The van der Waals surface area contributed by atoms with Crippen LogP contribution in [0.2, 0.25) is 0 Å². The lowest BCUT2D eigenvalue weighted by Gasteiger charge is -2.18. The van der Waals surface area contributed by atoms with E-state index in [9.17, 15) is 23.2 Å². The molecule has 2 aromatic carbocycles. The van der Waals surface area contributed by atoms with Gasteiger partial charge < -0.3 is 15.4 Å². The molecular formula is C32H33F2N7O4S. The third-order valence-corrected chi connectivity index (χ3v) is 8.53. The number of urea groups is 1. The average molecular weight is 650 g/mol. The Kier molecular flexibility index (Phi) is 10.3. The molecule has 0 radical (unpaired) electrons. The van der Waals surface area contributed by atoms with Gasteiger partial charge in [0.25, 0.3) is 5.56 Å². The van der Waals surface area contributed by atoms with Crippen molar-refractivity contribution < 1.29 is 18.3 Å². The standard InChI is InChI=1S/C32H33F2N7O4S/c1-4-36-31(43)38-21-11-9-20(10-12-21)28-23(18-39(3)15-16-45-5-2)27-29(42)41(26-17-35-13-14-37-26)32(44)40(30(27)46-28)19-22-24(33)7-6-8-25(22)34/h6-14,17H,4-5,15-16,18-19H2,1-3H3,(H2,36,38,43). The van der Waals surface area contributed by atoms with Gasteiger partial charge in [-0.25, -0.2) is 27.9 Å². The Morgan fingerprint density at radius 1 is 1.04 bits per heavy atom. The van der Waals surface area contributed by atoms with Crippen molar-refractivity contribution >= 4 is 33.3 Å². The van der Waals surface area contributed by atoms with Crippen LogP contribution in [-0.4, -0.2) is 63.4 Å². The van der Waals surface area contributed by atoms with E-state index in [1.54, 1.807) is 24.3 Å². The van der Waals surface area contributed by atoms with Crippen LogP contribution in [0, 0.1) is 11.6 Å². The van der Waals surface area contributed by atoms with Gasteiger partial charge in [0, 0.05) is 54.8 Å². The summed E-state index contributed by atoms with van der Waals surface area (Å²) in [4.78, 5) is 51.5. The molecule has 14 heteroatoms. The van der Waals surface area contributed by atoms with Crippen molar-refractivity contribution in [1.29, 1.82) is 0 Å². The number of thiophene rings is 1. The first kappa shape index (κ1) is 32.6. The Labute approximate surface area is 267 Å². The quantitative estimate of drug-likeness (QED) is 0.189. The molecule has 0 bridgehead atoms. The van der Waals surface area contributed by atoms with Gasteiger partial charge in [-0.15, -0.1) is 11.3 Å². The third-order valence-electron chi connectivity index (χ3n) is 7.22. The van der Waals surface area contributed by atoms with Crippen LogP contribution in [0.3, 0.4) is 0 Å². The minimum atomic E-state index is -0.819. The van der Waals surface area contributed by atoms with Gasteiger partial charge in [-0.05, 0) is 56.3 Å². The third kappa shape index (κ3) is 6.88. The monoisotopic (exact) mass is 649 g/mol. The van der Waals surface area contributed by atoms with Gasteiger partial charge in [-0.3, -0.25) is 19.2 Å². The summed E-state index contributed by atoms with van der Waals surface area (Å²) in [5, 5.41) is 5.66. The number of amides is 2. The first-order valence-corrected chi connectivity index (χ1v) is 15.5. The Morgan fingerprint density at radius 2 is 1.78 bits per heavy atom. The first-order chi connectivity index (χ1) is 22.2. The van der Waals surface area contributed by atoms with Crippen LogP contribution in [0.1, 0.15) is 25.0 Å². The molecule has 0 unspecified atom stereocenters. The molecule has 0 atom stereocenters. The van der Waals surface area contributed by atoms with Crippen molar-refractivity contribution in [2.75, 3.05) is 38.7 Å². The van der Waals surface area contributed by atoms with E-state index in [1.165, 1.54) is 40.6 Å². The molecule has 0 fully saturated rings. The maximum absolute atomic E-state index is 14.9. The van der Waals surface area contributed by atoms with E-state index in [1.807, 2.05) is 25.8 Å². The number of hydrogen-bond donors (Lipinski definition) is 2. The highest BCUT2D eigenvalue weighted by Gasteiger charge is 2.26. The molecular weight excluding hydrogens is 616 g/mol. The van der Waals surface area contributed by atoms with Crippen molar-refractivity contribution in [3.8, 4) is 16.3 Å². The van der Waals surface area contributed by atoms with Gasteiger partial charge in [0.2, 0.25) is 0 Å². The molecule has 3 heterocycles. The molecule has 5 rings (SSSR count). The zero-order valence-corrected chi connectivity index (χ0v) is 26.4. The maximum Gasteiger partial charge on any atom is 0.338 e. The van der Waals surface area contributed by atoms with E-state index in [4.69, 9.17) is 4.74 Å². The minimum Gasteiger partial charge on any atom is -0.380 e. The molecule has 0 aliphatic rings. The Balaban J connectivity index is 1.76. The molecule has 5 aromatic rings. The van der Waals surface area contributed by atoms with Gasteiger partial charge in [0.15, 0.2) is 5.82 Å². The van der Waals surface area contributed by atoms with Crippen LogP contribution in [-0.2, 0) is 17.8 Å². The number of halogens is 2. The normalized spacial score (nSPS) is 11.3. The fraction of sp³-hybridized carbons (Fsp3) is 0.281. The molecule has 0 saturated carbocycles. The fourth-order valence-electron chi connectivity index (χ4n) is 5.00. The summed E-state index contributed by atoms with van der Waals surface area (Å²) in [5.74, 6) is -1.66. The Hall–Kier alpha value is -4.79. The number of anilines is 1. The Bertz CT molecular complexity index is 1940. The number of carbonyl (C=O) groups excluding carboxylic acids is 1. The highest BCUT2D eigenvalue weighted by Crippen LogP contribution is 2.38. The molecule has 3 aromatic heterocycles.